The fourth-order valence-corrected chi connectivity index (χ4v) is 3.68. The molecule has 0 bridgehead atoms. The van der Waals surface area contributed by atoms with E-state index < -0.39 is 0 Å². The van der Waals surface area contributed by atoms with Crippen LogP contribution < -0.4 is 14.2 Å². The molecule has 0 saturated heterocycles. The highest BCUT2D eigenvalue weighted by Crippen LogP contribution is 2.40. The van der Waals surface area contributed by atoms with Crippen molar-refractivity contribution in [2.24, 2.45) is 11.3 Å². The molecule has 26 heavy (non-hydrogen) atoms. The molecule has 0 unspecified atom stereocenters. The van der Waals surface area contributed by atoms with E-state index in [-0.39, 0.29) is 18.5 Å². The second-order valence-corrected chi connectivity index (χ2v) is 8.04. The molecule has 0 atom stereocenters. The van der Waals surface area contributed by atoms with Gasteiger partial charge in [-0.15, -0.1) is 0 Å². The van der Waals surface area contributed by atoms with Crippen LogP contribution in [0.4, 0.5) is 0 Å². The van der Waals surface area contributed by atoms with Crippen LogP contribution in [0.1, 0.15) is 52.0 Å². The summed E-state index contributed by atoms with van der Waals surface area (Å²) >= 11 is 0. The second-order valence-electron chi connectivity index (χ2n) is 8.04. The van der Waals surface area contributed by atoms with E-state index in [2.05, 4.69) is 20.8 Å². The maximum atomic E-state index is 12.4. The minimum Gasteiger partial charge on any atom is -0.493 e. The number of rotatable bonds is 6. The van der Waals surface area contributed by atoms with Crippen LogP contribution in [0.3, 0.4) is 0 Å². The number of hydrogen-bond donors (Lipinski definition) is 0. The first kappa shape index (κ1) is 20.4. The van der Waals surface area contributed by atoms with Crippen LogP contribution in [0.25, 0.3) is 0 Å². The Morgan fingerprint density at radius 1 is 0.962 bits per heavy atom. The van der Waals surface area contributed by atoms with Crippen molar-refractivity contribution in [1.29, 1.82) is 0 Å². The van der Waals surface area contributed by atoms with E-state index in [1.54, 1.807) is 33.5 Å². The average molecular weight is 364 g/mol. The Kier molecular flexibility index (Phi) is 6.79. The van der Waals surface area contributed by atoms with Gasteiger partial charge in [0.05, 0.1) is 27.8 Å². The maximum absolute atomic E-state index is 12.4. The largest absolute Gasteiger partial charge is 0.493 e. The summed E-state index contributed by atoms with van der Waals surface area (Å²) in [7, 11) is 4.68. The van der Waals surface area contributed by atoms with Gasteiger partial charge in [0.2, 0.25) is 5.75 Å². The minimum atomic E-state index is -0.210. The van der Waals surface area contributed by atoms with E-state index in [0.29, 0.717) is 28.6 Å². The highest BCUT2D eigenvalue weighted by atomic mass is 16.5. The van der Waals surface area contributed by atoms with Crippen LogP contribution in [0.5, 0.6) is 17.2 Å². The third kappa shape index (κ3) is 5.05. The van der Waals surface area contributed by atoms with Gasteiger partial charge in [0.1, 0.15) is 6.10 Å². The van der Waals surface area contributed by atoms with Crippen molar-refractivity contribution in [2.75, 3.05) is 21.3 Å². The number of hydrogen-bond acceptors (Lipinski definition) is 5. The number of carbonyl (C=O) groups excluding carboxylic acids is 1. The van der Waals surface area contributed by atoms with Crippen LogP contribution in [-0.2, 0) is 16.0 Å². The van der Waals surface area contributed by atoms with E-state index in [1.807, 2.05) is 0 Å². The Bertz CT molecular complexity index is 584. The van der Waals surface area contributed by atoms with Crippen molar-refractivity contribution in [3.63, 3.8) is 0 Å². The molecule has 5 heteroatoms. The molecule has 0 spiro atoms. The molecule has 1 aromatic rings. The fraction of sp³-hybridized carbons (Fsp3) is 0.667. The molecule has 1 aromatic carbocycles. The summed E-state index contributed by atoms with van der Waals surface area (Å²) in [4.78, 5) is 12.4. The van der Waals surface area contributed by atoms with Crippen LogP contribution in [0.2, 0.25) is 0 Å². The summed E-state index contributed by atoms with van der Waals surface area (Å²) < 4.78 is 21.7. The molecule has 2 rings (SSSR count). The zero-order valence-electron chi connectivity index (χ0n) is 16.9. The smallest absolute Gasteiger partial charge is 0.310 e. The van der Waals surface area contributed by atoms with E-state index in [9.17, 15) is 4.79 Å². The van der Waals surface area contributed by atoms with Crippen molar-refractivity contribution in [1.82, 2.24) is 0 Å². The maximum Gasteiger partial charge on any atom is 0.310 e. The summed E-state index contributed by atoms with van der Waals surface area (Å²) in [5.74, 6) is 2.10. The van der Waals surface area contributed by atoms with Gasteiger partial charge in [-0.1, -0.05) is 20.8 Å². The summed E-state index contributed by atoms with van der Waals surface area (Å²) in [6, 6.07) is 3.58. The molecule has 0 aliphatic heterocycles. The fourth-order valence-electron chi connectivity index (χ4n) is 3.68. The number of esters is 1. The molecule has 146 valence electrons. The number of carbonyl (C=O) groups is 1. The SMILES string of the molecule is COc1cc(CC(=O)OC2CCC(C(C)(C)C)CC2)cc(OC)c1OC. The normalized spacial score (nSPS) is 20.4. The molecular weight excluding hydrogens is 332 g/mol. The average Bonchev–Trinajstić information content (AvgIpc) is 2.60. The first-order chi connectivity index (χ1) is 12.3. The van der Waals surface area contributed by atoms with Crippen LogP contribution in [0, 0.1) is 11.3 Å². The number of benzene rings is 1. The van der Waals surface area contributed by atoms with Gasteiger partial charge in [0.25, 0.3) is 0 Å². The molecule has 0 amide bonds. The van der Waals surface area contributed by atoms with Crippen LogP contribution >= 0.6 is 0 Å². The Balaban J connectivity index is 1.96. The van der Waals surface area contributed by atoms with Crippen molar-refractivity contribution >= 4 is 5.97 Å². The van der Waals surface area contributed by atoms with Crippen molar-refractivity contribution < 1.29 is 23.7 Å². The van der Waals surface area contributed by atoms with Gasteiger partial charge in [-0.05, 0) is 54.7 Å². The molecule has 1 fully saturated rings. The zero-order chi connectivity index (χ0) is 19.3. The molecule has 1 saturated carbocycles. The predicted octanol–water partition coefficient (Wildman–Crippen LogP) is 4.40. The minimum absolute atomic E-state index is 0.0307. The third-order valence-electron chi connectivity index (χ3n) is 5.27. The molecule has 0 aromatic heterocycles. The van der Waals surface area contributed by atoms with E-state index in [1.165, 1.54) is 0 Å². The predicted molar refractivity (Wildman–Crippen MR) is 101 cm³/mol. The zero-order valence-corrected chi connectivity index (χ0v) is 16.9. The quantitative estimate of drug-likeness (QED) is 0.700. The van der Waals surface area contributed by atoms with E-state index >= 15 is 0 Å². The van der Waals surface area contributed by atoms with Gasteiger partial charge in [0, 0.05) is 0 Å². The van der Waals surface area contributed by atoms with Crippen molar-refractivity contribution in [3.8, 4) is 17.2 Å². The Morgan fingerprint density at radius 2 is 1.50 bits per heavy atom. The molecule has 0 heterocycles. The lowest BCUT2D eigenvalue weighted by atomic mass is 9.72. The first-order valence-electron chi connectivity index (χ1n) is 9.26. The van der Waals surface area contributed by atoms with Crippen LogP contribution in [0.15, 0.2) is 12.1 Å². The highest BCUT2D eigenvalue weighted by Gasteiger charge is 2.31. The van der Waals surface area contributed by atoms with Crippen molar-refractivity contribution in [3.05, 3.63) is 17.7 Å². The molecule has 0 N–H and O–H groups in total. The standard InChI is InChI=1S/C21H32O5/c1-21(2,3)15-7-9-16(10-8-15)26-19(22)13-14-11-17(23-4)20(25-6)18(12-14)24-5/h11-12,15-16H,7-10,13H2,1-6H3. The summed E-state index contributed by atoms with van der Waals surface area (Å²) in [6.45, 7) is 6.86. The Morgan fingerprint density at radius 3 is 1.92 bits per heavy atom. The van der Waals surface area contributed by atoms with Crippen LogP contribution in [-0.4, -0.2) is 33.4 Å². The topological polar surface area (TPSA) is 54.0 Å². The first-order valence-corrected chi connectivity index (χ1v) is 9.26. The monoisotopic (exact) mass is 364 g/mol. The van der Waals surface area contributed by atoms with Crippen molar-refractivity contribution in [2.45, 2.75) is 59.0 Å². The second kappa shape index (κ2) is 8.65. The van der Waals surface area contributed by atoms with E-state index in [4.69, 9.17) is 18.9 Å². The van der Waals surface area contributed by atoms with Gasteiger partial charge < -0.3 is 18.9 Å². The van der Waals surface area contributed by atoms with Gasteiger partial charge in [-0.2, -0.15) is 0 Å². The lowest BCUT2D eigenvalue weighted by Crippen LogP contribution is -2.30. The lowest BCUT2D eigenvalue weighted by Gasteiger charge is -2.36. The summed E-state index contributed by atoms with van der Waals surface area (Å²) in [5.41, 5.74) is 1.11. The molecule has 5 nitrogen and oxygen atoms in total. The number of methoxy groups -OCH3 is 3. The molecule has 1 aliphatic carbocycles. The molecule has 0 radical (unpaired) electrons. The van der Waals surface area contributed by atoms with Gasteiger partial charge in [-0.25, -0.2) is 0 Å². The highest BCUT2D eigenvalue weighted by molar-refractivity contribution is 5.73. The number of ether oxygens (including phenoxy) is 4. The Labute approximate surface area is 157 Å². The third-order valence-corrected chi connectivity index (χ3v) is 5.27. The van der Waals surface area contributed by atoms with Gasteiger partial charge in [0.15, 0.2) is 11.5 Å². The molecular formula is C21H32O5. The summed E-state index contributed by atoms with van der Waals surface area (Å²) in [6.07, 6.45) is 4.35. The Hall–Kier alpha value is -1.91. The van der Waals surface area contributed by atoms with E-state index in [0.717, 1.165) is 31.2 Å². The lowest BCUT2D eigenvalue weighted by molar-refractivity contribution is -0.150. The summed E-state index contributed by atoms with van der Waals surface area (Å²) in [5, 5.41) is 0. The van der Waals surface area contributed by atoms with Gasteiger partial charge >= 0.3 is 5.97 Å². The van der Waals surface area contributed by atoms with Gasteiger partial charge in [-0.3, -0.25) is 4.79 Å². The molecule has 1 aliphatic rings.